The van der Waals surface area contributed by atoms with Crippen LogP contribution in [0.4, 0.5) is 5.69 Å². The zero-order chi connectivity index (χ0) is 13.9. The molecule has 0 fully saturated rings. The highest BCUT2D eigenvalue weighted by atomic mass is 35.5. The Hall–Kier alpha value is -2.15. The first-order valence-electron chi connectivity index (χ1n) is 4.82. The highest BCUT2D eigenvalue weighted by Gasteiger charge is 2.19. The summed E-state index contributed by atoms with van der Waals surface area (Å²) in [7, 11) is 2.93. The molecule has 6 N–H and O–H groups in total. The lowest BCUT2D eigenvalue weighted by Gasteiger charge is -2.22. The smallest absolute Gasteiger partial charge is 0.200 e. The summed E-state index contributed by atoms with van der Waals surface area (Å²) in [6.45, 7) is 0. The second kappa shape index (κ2) is 5.46. The number of rotatable bonds is 3. The average Bonchev–Trinajstić information content (AvgIpc) is 2.30. The summed E-state index contributed by atoms with van der Waals surface area (Å²) in [4.78, 5) is 0.976. The number of benzene rings is 1. The number of anilines is 1. The monoisotopic (exact) mass is 271 g/mol. The molecule has 18 heavy (non-hydrogen) atoms. The molecule has 0 bridgehead atoms. The van der Waals surface area contributed by atoms with Gasteiger partial charge in [0.1, 0.15) is 0 Å². The number of nitrogens with zero attached hydrogens (tertiary/aromatic N) is 1. The molecule has 7 nitrogen and oxygen atoms in total. The van der Waals surface area contributed by atoms with Crippen LogP contribution in [0, 0.1) is 10.8 Å². The van der Waals surface area contributed by atoms with Gasteiger partial charge in [0.05, 0.1) is 24.9 Å². The SMILES string of the molecule is COc1cc(Cl)c(N(C(=N)N)C(=N)N)cc1OC. The standard InChI is InChI=1S/C10H14ClN5O2/c1-17-7-3-5(11)6(4-8(7)18-2)16(9(12)13)10(14)15/h3-4H,1-2H3,(H3,12,13)(H3,14,15). The minimum Gasteiger partial charge on any atom is -0.493 e. The van der Waals surface area contributed by atoms with Gasteiger partial charge in [-0.2, -0.15) is 0 Å². The van der Waals surface area contributed by atoms with Crippen LogP contribution in [0.5, 0.6) is 11.5 Å². The first-order valence-corrected chi connectivity index (χ1v) is 5.19. The van der Waals surface area contributed by atoms with Crippen LogP contribution in [0.2, 0.25) is 5.02 Å². The van der Waals surface area contributed by atoms with Gasteiger partial charge in [-0.25, -0.2) is 0 Å². The Balaban J connectivity index is 3.40. The van der Waals surface area contributed by atoms with E-state index in [9.17, 15) is 0 Å². The third kappa shape index (κ3) is 2.57. The normalized spacial score (nSPS) is 9.72. The van der Waals surface area contributed by atoms with Gasteiger partial charge in [-0.3, -0.25) is 15.7 Å². The van der Waals surface area contributed by atoms with E-state index in [2.05, 4.69) is 0 Å². The minimum atomic E-state index is -0.420. The first kappa shape index (κ1) is 13.9. The molecule has 98 valence electrons. The Kier molecular flexibility index (Phi) is 4.22. The number of nitrogens with two attached hydrogens (primary N) is 2. The van der Waals surface area contributed by atoms with Gasteiger partial charge in [0.15, 0.2) is 23.4 Å². The van der Waals surface area contributed by atoms with Gasteiger partial charge in [-0.15, -0.1) is 0 Å². The van der Waals surface area contributed by atoms with Gasteiger partial charge in [-0.05, 0) is 0 Å². The topological polar surface area (TPSA) is 121 Å². The molecule has 1 aromatic rings. The van der Waals surface area contributed by atoms with E-state index in [1.165, 1.54) is 26.4 Å². The number of guanidine groups is 2. The third-order valence-electron chi connectivity index (χ3n) is 2.18. The molecule has 0 aliphatic rings. The van der Waals surface area contributed by atoms with Gasteiger partial charge >= 0.3 is 0 Å². The molecular formula is C10H14ClN5O2. The second-order valence-electron chi connectivity index (χ2n) is 3.26. The van der Waals surface area contributed by atoms with Gasteiger partial charge < -0.3 is 20.9 Å². The molecule has 1 rings (SSSR count). The molecule has 1 aromatic carbocycles. The van der Waals surface area contributed by atoms with Gasteiger partial charge in [0.2, 0.25) is 0 Å². The maximum Gasteiger partial charge on any atom is 0.200 e. The fourth-order valence-corrected chi connectivity index (χ4v) is 1.64. The van der Waals surface area contributed by atoms with E-state index >= 15 is 0 Å². The highest BCUT2D eigenvalue weighted by molar-refractivity contribution is 6.35. The molecule has 0 radical (unpaired) electrons. The number of hydrogen-bond donors (Lipinski definition) is 4. The second-order valence-corrected chi connectivity index (χ2v) is 3.67. The molecule has 0 atom stereocenters. The van der Waals surface area contributed by atoms with Crippen LogP contribution < -0.4 is 25.8 Å². The van der Waals surface area contributed by atoms with Crippen LogP contribution in [-0.2, 0) is 0 Å². The number of hydrogen-bond acceptors (Lipinski definition) is 4. The predicted octanol–water partition coefficient (Wildman–Crippen LogP) is 0.951. The van der Waals surface area contributed by atoms with Gasteiger partial charge in [-0.1, -0.05) is 11.6 Å². The summed E-state index contributed by atoms with van der Waals surface area (Å²) in [5.41, 5.74) is 11.0. The Labute approximate surface area is 109 Å². The Morgan fingerprint density at radius 3 is 1.94 bits per heavy atom. The van der Waals surface area contributed by atoms with E-state index < -0.39 is 11.9 Å². The first-order chi connectivity index (χ1) is 8.42. The summed E-state index contributed by atoms with van der Waals surface area (Å²) >= 11 is 6.04. The van der Waals surface area contributed by atoms with Crippen molar-refractivity contribution in [1.82, 2.24) is 0 Å². The van der Waals surface area contributed by atoms with E-state index in [0.29, 0.717) is 11.5 Å². The molecule has 0 aliphatic carbocycles. The van der Waals surface area contributed by atoms with Crippen LogP contribution in [0.1, 0.15) is 0 Å². The van der Waals surface area contributed by atoms with Crippen molar-refractivity contribution in [1.29, 1.82) is 10.8 Å². The quantitative estimate of drug-likeness (QED) is 0.482. The summed E-state index contributed by atoms with van der Waals surface area (Å²) in [6, 6.07) is 2.98. The predicted molar refractivity (Wildman–Crippen MR) is 70.9 cm³/mol. The largest absolute Gasteiger partial charge is 0.493 e. The zero-order valence-corrected chi connectivity index (χ0v) is 10.7. The Morgan fingerprint density at radius 1 is 1.11 bits per heavy atom. The molecule has 0 amide bonds. The molecule has 8 heteroatoms. The van der Waals surface area contributed by atoms with E-state index in [1.54, 1.807) is 0 Å². The van der Waals surface area contributed by atoms with Crippen LogP contribution in [-0.4, -0.2) is 26.1 Å². The molecule has 0 spiro atoms. The summed E-state index contributed by atoms with van der Waals surface area (Å²) in [6.07, 6.45) is 0. The number of nitrogens with one attached hydrogen (secondary N) is 2. The lowest BCUT2D eigenvalue weighted by atomic mass is 10.2. The third-order valence-corrected chi connectivity index (χ3v) is 2.48. The Bertz CT molecular complexity index is 477. The molecule has 0 saturated carbocycles. The van der Waals surface area contributed by atoms with Gasteiger partial charge in [0.25, 0.3) is 0 Å². The van der Waals surface area contributed by atoms with Crippen LogP contribution in [0.15, 0.2) is 12.1 Å². The highest BCUT2D eigenvalue weighted by Crippen LogP contribution is 2.37. The van der Waals surface area contributed by atoms with Crippen LogP contribution in [0.25, 0.3) is 0 Å². The van der Waals surface area contributed by atoms with Crippen molar-refractivity contribution in [2.24, 2.45) is 11.5 Å². The average molecular weight is 272 g/mol. The van der Waals surface area contributed by atoms with Crippen molar-refractivity contribution in [3.63, 3.8) is 0 Å². The van der Waals surface area contributed by atoms with E-state index in [4.69, 9.17) is 43.4 Å². The lowest BCUT2D eigenvalue weighted by Crippen LogP contribution is -2.45. The summed E-state index contributed by atoms with van der Waals surface area (Å²) < 4.78 is 10.2. The van der Waals surface area contributed by atoms with Crippen molar-refractivity contribution in [2.45, 2.75) is 0 Å². The molecule has 0 heterocycles. The van der Waals surface area contributed by atoms with Crippen LogP contribution >= 0.6 is 11.6 Å². The number of ether oxygens (including phenoxy) is 2. The maximum absolute atomic E-state index is 7.39. The van der Waals surface area contributed by atoms with E-state index in [-0.39, 0.29) is 10.7 Å². The summed E-state index contributed by atoms with van der Waals surface area (Å²) in [5, 5.41) is 15.0. The lowest BCUT2D eigenvalue weighted by molar-refractivity contribution is 0.355. The van der Waals surface area contributed by atoms with Crippen molar-refractivity contribution in [3.8, 4) is 11.5 Å². The minimum absolute atomic E-state index is 0.234. The van der Waals surface area contributed by atoms with Crippen molar-refractivity contribution in [2.75, 3.05) is 19.1 Å². The van der Waals surface area contributed by atoms with Gasteiger partial charge in [0, 0.05) is 12.1 Å². The summed E-state index contributed by atoms with van der Waals surface area (Å²) in [5.74, 6) is -0.0176. The zero-order valence-electron chi connectivity index (χ0n) is 9.95. The fourth-order valence-electron chi connectivity index (χ4n) is 1.40. The van der Waals surface area contributed by atoms with E-state index in [1.807, 2.05) is 0 Å². The fraction of sp³-hybridized carbons (Fsp3) is 0.200. The van der Waals surface area contributed by atoms with Crippen molar-refractivity contribution in [3.05, 3.63) is 17.2 Å². The molecule has 0 unspecified atom stereocenters. The van der Waals surface area contributed by atoms with Crippen molar-refractivity contribution >= 4 is 29.2 Å². The number of methoxy groups -OCH3 is 2. The van der Waals surface area contributed by atoms with E-state index in [0.717, 1.165) is 4.90 Å². The maximum atomic E-state index is 7.39. The molecular weight excluding hydrogens is 258 g/mol. The molecule has 0 aromatic heterocycles. The molecule has 0 aliphatic heterocycles. The Morgan fingerprint density at radius 2 is 1.56 bits per heavy atom. The van der Waals surface area contributed by atoms with Crippen molar-refractivity contribution < 1.29 is 9.47 Å². The molecule has 0 saturated heterocycles. The number of halogens is 1. The van der Waals surface area contributed by atoms with Crippen LogP contribution in [0.3, 0.4) is 0 Å².